The normalized spacial score (nSPS) is 14.8. The first-order chi connectivity index (χ1) is 7.43. The molecule has 0 saturated heterocycles. The highest BCUT2D eigenvalue weighted by molar-refractivity contribution is 6.50. The van der Waals surface area contributed by atoms with Crippen molar-refractivity contribution in [2.24, 2.45) is 0 Å². The summed E-state index contributed by atoms with van der Waals surface area (Å²) in [7, 11) is 0. The van der Waals surface area contributed by atoms with E-state index in [0.29, 0.717) is 0 Å². The van der Waals surface area contributed by atoms with Crippen molar-refractivity contribution < 1.29 is 14.7 Å². The van der Waals surface area contributed by atoms with E-state index < -0.39 is 17.3 Å². The molecule has 0 radical (unpaired) electrons. The number of halogens is 2. The summed E-state index contributed by atoms with van der Waals surface area (Å²) in [6.45, 7) is 0. The van der Waals surface area contributed by atoms with Crippen molar-refractivity contribution in [1.29, 1.82) is 0 Å². The first kappa shape index (κ1) is 11.0. The van der Waals surface area contributed by atoms with E-state index >= 15 is 0 Å². The molecular weight excluding hydrogens is 253 g/mol. The van der Waals surface area contributed by atoms with Gasteiger partial charge in [-0.25, -0.2) is 0 Å². The molecule has 0 unspecified atom stereocenters. The van der Waals surface area contributed by atoms with E-state index in [0.717, 1.165) is 6.08 Å². The fraction of sp³-hybridized carbons (Fsp3) is 0. The first-order valence-corrected chi connectivity index (χ1v) is 4.96. The Morgan fingerprint density at radius 3 is 2.44 bits per heavy atom. The smallest absolute Gasteiger partial charge is 0.207 e. The summed E-state index contributed by atoms with van der Waals surface area (Å²) in [5, 5.41) is 9.30. The van der Waals surface area contributed by atoms with Gasteiger partial charge in [-0.3, -0.25) is 9.59 Å². The maximum atomic E-state index is 11.7. The van der Waals surface area contributed by atoms with Crippen LogP contribution in [0.4, 0.5) is 5.69 Å². The molecule has 82 valence electrons. The maximum absolute atomic E-state index is 11.7. The Morgan fingerprint density at radius 1 is 1.19 bits per heavy atom. The average Bonchev–Trinajstić information content (AvgIpc) is 2.20. The third kappa shape index (κ3) is 1.38. The van der Waals surface area contributed by atoms with Gasteiger partial charge >= 0.3 is 0 Å². The lowest BCUT2D eigenvalue weighted by Gasteiger charge is -2.15. The van der Waals surface area contributed by atoms with Gasteiger partial charge in [-0.1, -0.05) is 23.2 Å². The van der Waals surface area contributed by atoms with Crippen LogP contribution in [0.15, 0.2) is 17.2 Å². The monoisotopic (exact) mass is 257 g/mol. The molecule has 16 heavy (non-hydrogen) atoms. The highest BCUT2D eigenvalue weighted by Gasteiger charge is 2.30. The molecule has 0 spiro atoms. The van der Waals surface area contributed by atoms with E-state index in [2.05, 4.69) is 0 Å². The number of rotatable bonds is 0. The number of anilines is 1. The van der Waals surface area contributed by atoms with Gasteiger partial charge in [0.05, 0.1) is 21.2 Å². The van der Waals surface area contributed by atoms with E-state index in [1.54, 1.807) is 0 Å². The fourth-order valence-electron chi connectivity index (χ4n) is 1.52. The van der Waals surface area contributed by atoms with E-state index in [1.807, 2.05) is 0 Å². The average molecular weight is 258 g/mol. The summed E-state index contributed by atoms with van der Waals surface area (Å²) in [6.07, 6.45) is 0.932. The van der Waals surface area contributed by atoms with Crippen molar-refractivity contribution in [3.8, 4) is 5.75 Å². The summed E-state index contributed by atoms with van der Waals surface area (Å²) in [4.78, 5) is 23.2. The van der Waals surface area contributed by atoms with Crippen LogP contribution in [0.5, 0.6) is 5.75 Å². The minimum Gasteiger partial charge on any atom is -0.506 e. The summed E-state index contributed by atoms with van der Waals surface area (Å²) < 4.78 is 0. The van der Waals surface area contributed by atoms with Crippen LogP contribution in [0, 0.1) is 0 Å². The number of hydrogen-bond donors (Lipinski definition) is 2. The van der Waals surface area contributed by atoms with Gasteiger partial charge in [0.1, 0.15) is 5.75 Å². The molecule has 0 amide bonds. The summed E-state index contributed by atoms with van der Waals surface area (Å²) in [6, 6.07) is 1.20. The van der Waals surface area contributed by atoms with Crippen molar-refractivity contribution in [3.63, 3.8) is 0 Å². The Morgan fingerprint density at radius 2 is 1.81 bits per heavy atom. The van der Waals surface area contributed by atoms with E-state index in [4.69, 9.17) is 28.9 Å². The third-order valence-electron chi connectivity index (χ3n) is 2.23. The molecule has 0 saturated carbocycles. The number of aromatic hydroxyl groups is 1. The fourth-order valence-corrected chi connectivity index (χ4v) is 1.92. The van der Waals surface area contributed by atoms with Crippen molar-refractivity contribution in [2.75, 3.05) is 5.73 Å². The SMILES string of the molecule is Nc1cc(Cl)c(O)c2c1C(=O)C(Cl)=CC2=O. The predicted octanol–water partition coefficient (Wildman–Crippen LogP) is 2.13. The molecule has 0 aromatic heterocycles. The number of benzene rings is 1. The number of ketones is 2. The first-order valence-electron chi connectivity index (χ1n) is 4.20. The summed E-state index contributed by atoms with van der Waals surface area (Å²) in [5.41, 5.74) is 5.29. The predicted molar refractivity (Wildman–Crippen MR) is 60.1 cm³/mol. The number of hydrogen-bond acceptors (Lipinski definition) is 4. The highest BCUT2D eigenvalue weighted by Crippen LogP contribution is 2.38. The third-order valence-corrected chi connectivity index (χ3v) is 2.80. The van der Waals surface area contributed by atoms with Crippen LogP contribution in [-0.2, 0) is 0 Å². The van der Waals surface area contributed by atoms with Crippen LogP contribution in [0.3, 0.4) is 0 Å². The number of phenolic OH excluding ortho intramolecular Hbond substituents is 1. The molecular formula is C10H5Cl2NO3. The van der Waals surface area contributed by atoms with Gasteiger partial charge in [0.15, 0.2) is 5.78 Å². The molecule has 0 heterocycles. The van der Waals surface area contributed by atoms with Crippen LogP contribution in [0.2, 0.25) is 5.02 Å². The number of Topliss-reactive ketones (excluding diaryl/α,β-unsaturated/α-hetero) is 1. The molecule has 6 heteroatoms. The Bertz CT molecular complexity index is 564. The van der Waals surface area contributed by atoms with Crippen LogP contribution in [0.25, 0.3) is 0 Å². The largest absolute Gasteiger partial charge is 0.506 e. The zero-order valence-corrected chi connectivity index (χ0v) is 9.26. The molecule has 1 aromatic carbocycles. The Balaban J connectivity index is 2.87. The van der Waals surface area contributed by atoms with Gasteiger partial charge in [0.25, 0.3) is 0 Å². The molecule has 2 rings (SSSR count). The second-order valence-electron chi connectivity index (χ2n) is 3.23. The van der Waals surface area contributed by atoms with Gasteiger partial charge in [0.2, 0.25) is 5.78 Å². The van der Waals surface area contributed by atoms with Gasteiger partial charge in [-0.2, -0.15) is 0 Å². The Hall–Kier alpha value is -1.52. The van der Waals surface area contributed by atoms with E-state index in [-0.39, 0.29) is 26.9 Å². The summed E-state index contributed by atoms with van der Waals surface area (Å²) >= 11 is 11.2. The number of carbonyl (C=O) groups excluding carboxylic acids is 2. The van der Waals surface area contributed by atoms with Crippen molar-refractivity contribution in [2.45, 2.75) is 0 Å². The van der Waals surface area contributed by atoms with Crippen LogP contribution in [-0.4, -0.2) is 16.7 Å². The van der Waals surface area contributed by atoms with E-state index in [1.165, 1.54) is 6.07 Å². The minimum absolute atomic E-state index is 0.0161. The van der Waals surface area contributed by atoms with Gasteiger partial charge in [0, 0.05) is 11.8 Å². The number of nitrogen functional groups attached to an aromatic ring is 1. The number of fused-ring (bicyclic) bond motifs is 1. The van der Waals surface area contributed by atoms with Crippen molar-refractivity contribution >= 4 is 40.5 Å². The van der Waals surface area contributed by atoms with E-state index in [9.17, 15) is 14.7 Å². The summed E-state index contributed by atoms with van der Waals surface area (Å²) in [5.74, 6) is -1.64. The Kier molecular flexibility index (Phi) is 2.40. The molecule has 3 N–H and O–H groups in total. The molecule has 0 fully saturated rings. The lowest BCUT2D eigenvalue weighted by Crippen LogP contribution is -2.17. The van der Waals surface area contributed by atoms with Gasteiger partial charge in [-0.15, -0.1) is 0 Å². The second kappa shape index (κ2) is 3.50. The topological polar surface area (TPSA) is 80.4 Å². The van der Waals surface area contributed by atoms with Crippen LogP contribution in [0.1, 0.15) is 20.7 Å². The lowest BCUT2D eigenvalue weighted by atomic mass is 9.92. The molecule has 4 nitrogen and oxygen atoms in total. The lowest BCUT2D eigenvalue weighted by molar-refractivity contribution is 0.0989. The molecule has 1 aliphatic rings. The molecule has 0 aliphatic heterocycles. The molecule has 1 aromatic rings. The minimum atomic E-state index is -0.597. The van der Waals surface area contributed by atoms with Crippen LogP contribution >= 0.6 is 23.2 Å². The molecule has 0 atom stereocenters. The van der Waals surface area contributed by atoms with Crippen molar-refractivity contribution in [1.82, 2.24) is 0 Å². The standard InChI is InChI=1S/C10H5Cl2NO3/c11-3-1-5(13)7-8(10(3)16)6(14)2-4(12)9(7)15/h1-2,16H,13H2. The second-order valence-corrected chi connectivity index (χ2v) is 4.05. The van der Waals surface area contributed by atoms with Gasteiger partial charge < -0.3 is 10.8 Å². The quantitative estimate of drug-likeness (QED) is 0.551. The highest BCUT2D eigenvalue weighted by atomic mass is 35.5. The zero-order valence-electron chi connectivity index (χ0n) is 7.75. The Labute approximate surface area is 100 Å². The van der Waals surface area contributed by atoms with Gasteiger partial charge in [-0.05, 0) is 6.07 Å². The maximum Gasteiger partial charge on any atom is 0.207 e. The number of carbonyl (C=O) groups is 2. The number of allylic oxidation sites excluding steroid dienone is 2. The number of phenols is 1. The molecule has 0 bridgehead atoms. The van der Waals surface area contributed by atoms with Crippen LogP contribution < -0.4 is 5.73 Å². The zero-order chi connectivity index (χ0) is 12.0. The molecule has 1 aliphatic carbocycles. The van der Waals surface area contributed by atoms with Crippen molar-refractivity contribution in [3.05, 3.63) is 33.3 Å². The number of nitrogens with two attached hydrogens (primary N) is 1.